The van der Waals surface area contributed by atoms with E-state index in [0.717, 1.165) is 22.2 Å². The molecule has 1 unspecified atom stereocenters. The molecule has 4 aromatic rings. The normalized spacial score (nSPS) is 14.7. The zero-order valence-electron chi connectivity index (χ0n) is 17.8. The maximum absolute atomic E-state index is 14.1. The van der Waals surface area contributed by atoms with Crippen LogP contribution in [0.15, 0.2) is 42.6 Å². The maximum Gasteiger partial charge on any atom is 0.326 e. The summed E-state index contributed by atoms with van der Waals surface area (Å²) in [6.45, 7) is 0. The molecule has 0 saturated carbocycles. The Labute approximate surface area is 205 Å². The zero-order valence-corrected chi connectivity index (χ0v) is 19.4. The number of benzene rings is 2. The van der Waals surface area contributed by atoms with Crippen LogP contribution >= 0.6 is 23.1 Å². The van der Waals surface area contributed by atoms with Gasteiger partial charge in [-0.05, 0) is 47.9 Å². The highest BCUT2D eigenvalue weighted by molar-refractivity contribution is 7.13. The molecular formula is C22H15ClF2N6O3S. The topological polar surface area (TPSA) is 117 Å². The molecule has 4 amide bonds. The summed E-state index contributed by atoms with van der Waals surface area (Å²) in [4.78, 5) is 38.1. The minimum Gasteiger partial charge on any atom is -0.340 e. The van der Waals surface area contributed by atoms with Crippen LogP contribution in [0.3, 0.4) is 0 Å². The molecule has 2 aromatic heterocycles. The number of urea groups is 1. The van der Waals surface area contributed by atoms with Gasteiger partial charge in [0.15, 0.2) is 0 Å². The molecule has 0 bridgehead atoms. The van der Waals surface area contributed by atoms with Crippen LogP contribution in [-0.2, 0) is 0 Å². The summed E-state index contributed by atoms with van der Waals surface area (Å²) in [6, 6.07) is 5.38. The lowest BCUT2D eigenvalue weighted by Gasteiger charge is -2.27. The first kappa shape index (κ1) is 22.7. The van der Waals surface area contributed by atoms with Crippen LogP contribution in [0.5, 0.6) is 0 Å². The lowest BCUT2D eigenvalue weighted by Crippen LogP contribution is -2.40. The van der Waals surface area contributed by atoms with E-state index in [1.807, 2.05) is 0 Å². The van der Waals surface area contributed by atoms with E-state index in [1.165, 1.54) is 43.6 Å². The van der Waals surface area contributed by atoms with Crippen LogP contribution < -0.4 is 21.3 Å². The Morgan fingerprint density at radius 3 is 2.69 bits per heavy atom. The molecule has 9 nitrogen and oxygen atoms in total. The van der Waals surface area contributed by atoms with Crippen molar-refractivity contribution in [2.24, 2.45) is 0 Å². The number of nitrogens with one attached hydrogen (secondary N) is 4. The molecule has 35 heavy (non-hydrogen) atoms. The highest BCUT2D eigenvalue weighted by atomic mass is 35.5. The van der Waals surface area contributed by atoms with Crippen molar-refractivity contribution in [3.8, 4) is 0 Å². The number of hydrogen-bond donors (Lipinski definition) is 4. The Morgan fingerprint density at radius 1 is 1.17 bits per heavy atom. The molecular weight excluding hydrogens is 502 g/mol. The molecule has 0 radical (unpaired) electrons. The minimum atomic E-state index is -1.01. The van der Waals surface area contributed by atoms with Gasteiger partial charge in [-0.2, -0.15) is 4.37 Å². The Morgan fingerprint density at radius 2 is 1.91 bits per heavy atom. The summed E-state index contributed by atoms with van der Waals surface area (Å²) in [5.41, 5.74) is 0.594. The fourth-order valence-electron chi connectivity index (χ4n) is 3.89. The first-order chi connectivity index (χ1) is 16.8. The van der Waals surface area contributed by atoms with Crippen molar-refractivity contribution in [3.05, 3.63) is 76.1 Å². The lowest BCUT2D eigenvalue weighted by atomic mass is 9.97. The smallest absolute Gasteiger partial charge is 0.326 e. The van der Waals surface area contributed by atoms with Gasteiger partial charge in [-0.1, -0.05) is 11.6 Å². The van der Waals surface area contributed by atoms with Gasteiger partial charge >= 0.3 is 12.1 Å². The van der Waals surface area contributed by atoms with E-state index in [4.69, 9.17) is 11.6 Å². The molecule has 0 fully saturated rings. The van der Waals surface area contributed by atoms with Gasteiger partial charge in [0.1, 0.15) is 23.1 Å². The number of aromatic nitrogens is 2. The number of halogens is 3. The van der Waals surface area contributed by atoms with Gasteiger partial charge < -0.3 is 16.0 Å². The van der Waals surface area contributed by atoms with Crippen molar-refractivity contribution in [2.75, 3.05) is 17.7 Å². The molecule has 2 aromatic carbocycles. The molecule has 0 spiro atoms. The SMILES string of the molecule is CNC(=O)n1cc(NC(=O)c2nsc3ccc(F)cc23)c2c1NC(=O)NC2c1cc(F)ccc1Cl. The van der Waals surface area contributed by atoms with E-state index >= 15 is 0 Å². The van der Waals surface area contributed by atoms with Gasteiger partial charge in [0.25, 0.3) is 5.91 Å². The molecule has 1 atom stereocenters. The summed E-state index contributed by atoms with van der Waals surface area (Å²) in [7, 11) is 1.40. The quantitative estimate of drug-likeness (QED) is 0.316. The van der Waals surface area contributed by atoms with Crippen molar-refractivity contribution in [1.82, 2.24) is 19.6 Å². The lowest BCUT2D eigenvalue weighted by molar-refractivity contribution is 0.102. The average molecular weight is 517 g/mol. The number of anilines is 2. The van der Waals surface area contributed by atoms with E-state index < -0.39 is 35.6 Å². The van der Waals surface area contributed by atoms with Crippen molar-refractivity contribution in [2.45, 2.75) is 6.04 Å². The van der Waals surface area contributed by atoms with Crippen LogP contribution in [0.1, 0.15) is 27.7 Å². The minimum absolute atomic E-state index is 0.0147. The van der Waals surface area contributed by atoms with E-state index in [0.29, 0.717) is 10.1 Å². The molecule has 13 heteroatoms. The van der Waals surface area contributed by atoms with E-state index in [-0.39, 0.29) is 33.3 Å². The third kappa shape index (κ3) is 3.96. The highest BCUT2D eigenvalue weighted by Gasteiger charge is 2.35. The first-order valence-electron chi connectivity index (χ1n) is 10.1. The monoisotopic (exact) mass is 516 g/mol. The number of hydrogen-bond acceptors (Lipinski definition) is 5. The summed E-state index contributed by atoms with van der Waals surface area (Å²) in [6.07, 6.45) is 1.31. The van der Waals surface area contributed by atoms with Crippen LogP contribution in [-0.4, -0.2) is 34.0 Å². The van der Waals surface area contributed by atoms with Crippen LogP contribution in [0.4, 0.5) is 29.9 Å². The van der Waals surface area contributed by atoms with E-state index in [1.54, 1.807) is 0 Å². The number of carbonyl (C=O) groups is 3. The van der Waals surface area contributed by atoms with Crippen molar-refractivity contribution < 1.29 is 23.2 Å². The van der Waals surface area contributed by atoms with Gasteiger partial charge in [-0.15, -0.1) is 0 Å². The molecule has 5 rings (SSSR count). The van der Waals surface area contributed by atoms with E-state index in [2.05, 4.69) is 25.6 Å². The maximum atomic E-state index is 14.1. The molecule has 1 aliphatic rings. The standard InChI is InChI=1S/C22H15ClF2N6O3S/c1-26-22(34)31-8-14(27-20(32)18-12-7-10(25)3-5-15(12)35-30-18)16-17(28-21(33)29-19(16)31)11-6-9(24)2-4-13(11)23/h2-8,17H,1H3,(H,26,34)(H,27,32)(H2,28,29,33). The fraction of sp³-hybridized carbons (Fsp3) is 0.0909. The third-order valence-corrected chi connectivity index (χ3v) is 6.61. The third-order valence-electron chi connectivity index (χ3n) is 5.44. The number of fused-ring (bicyclic) bond motifs is 2. The Bertz CT molecular complexity index is 1540. The summed E-state index contributed by atoms with van der Waals surface area (Å²) < 4.78 is 33.7. The number of carbonyl (C=O) groups excluding carboxylic acids is 3. The fourth-order valence-corrected chi connectivity index (χ4v) is 4.87. The van der Waals surface area contributed by atoms with Crippen molar-refractivity contribution in [1.29, 1.82) is 0 Å². The van der Waals surface area contributed by atoms with E-state index in [9.17, 15) is 23.2 Å². The summed E-state index contributed by atoms with van der Waals surface area (Å²) in [5, 5.41) is 10.8. The molecule has 178 valence electrons. The van der Waals surface area contributed by atoms with Crippen LogP contribution in [0.25, 0.3) is 10.1 Å². The van der Waals surface area contributed by atoms with Crippen LogP contribution in [0, 0.1) is 11.6 Å². The van der Waals surface area contributed by atoms with Gasteiger partial charge in [0.05, 0.1) is 16.4 Å². The predicted molar refractivity (Wildman–Crippen MR) is 127 cm³/mol. The van der Waals surface area contributed by atoms with Crippen molar-refractivity contribution in [3.63, 3.8) is 0 Å². The number of amides is 4. The second kappa shape index (κ2) is 8.64. The Kier molecular flexibility index (Phi) is 5.61. The predicted octanol–water partition coefficient (Wildman–Crippen LogP) is 4.69. The zero-order chi connectivity index (χ0) is 24.9. The Balaban J connectivity index is 1.64. The van der Waals surface area contributed by atoms with Crippen LogP contribution in [0.2, 0.25) is 5.02 Å². The van der Waals surface area contributed by atoms with Gasteiger partial charge in [0.2, 0.25) is 0 Å². The summed E-state index contributed by atoms with van der Waals surface area (Å²) >= 11 is 7.33. The van der Waals surface area contributed by atoms with Crippen molar-refractivity contribution >= 4 is 62.7 Å². The second-order valence-electron chi connectivity index (χ2n) is 7.55. The molecule has 0 aliphatic carbocycles. The first-order valence-corrected chi connectivity index (χ1v) is 11.3. The Hall–Kier alpha value is -4.03. The molecule has 4 N–H and O–H groups in total. The van der Waals surface area contributed by atoms with Gasteiger partial charge in [-0.25, -0.2) is 18.4 Å². The van der Waals surface area contributed by atoms with Gasteiger partial charge in [-0.3, -0.25) is 14.7 Å². The molecule has 1 aliphatic heterocycles. The van der Waals surface area contributed by atoms with Gasteiger partial charge in [0, 0.05) is 34.8 Å². The second-order valence-corrected chi connectivity index (χ2v) is 8.77. The number of rotatable bonds is 3. The molecule has 3 heterocycles. The molecule has 0 saturated heterocycles. The average Bonchev–Trinajstić information content (AvgIpc) is 3.41. The number of nitrogens with zero attached hydrogens (tertiary/aromatic N) is 2. The highest BCUT2D eigenvalue weighted by Crippen LogP contribution is 2.41. The largest absolute Gasteiger partial charge is 0.340 e. The summed E-state index contributed by atoms with van der Waals surface area (Å²) in [5.74, 6) is -1.73.